The van der Waals surface area contributed by atoms with Crippen LogP contribution in [0, 0.1) is 0 Å². The third kappa shape index (κ3) is 4.53. The van der Waals surface area contributed by atoms with Crippen LogP contribution < -0.4 is 10.6 Å². The molecule has 0 aromatic carbocycles. The largest absolute Gasteiger partial charge is 0.369 e. The Kier molecular flexibility index (Phi) is 5.68. The highest BCUT2D eigenvalue weighted by atomic mass is 79.9. The highest BCUT2D eigenvalue weighted by molar-refractivity contribution is 9.10. The number of carbonyl (C=O) groups excluding carboxylic acids is 1. The second kappa shape index (κ2) is 7.73. The zero-order valence-electron chi connectivity index (χ0n) is 11.8. The second-order valence-corrected chi connectivity index (χ2v) is 5.44. The van der Waals surface area contributed by atoms with E-state index in [1.165, 1.54) is 0 Å². The van der Waals surface area contributed by atoms with Gasteiger partial charge in [-0.1, -0.05) is 13.0 Å². The lowest BCUT2D eigenvalue weighted by Gasteiger charge is -2.11. The highest BCUT2D eigenvalue weighted by Crippen LogP contribution is 2.18. The van der Waals surface area contributed by atoms with E-state index in [2.05, 4.69) is 43.5 Å². The van der Waals surface area contributed by atoms with Crippen molar-refractivity contribution in [2.75, 3.05) is 11.9 Å². The number of halogens is 1. The first kappa shape index (κ1) is 15.4. The zero-order valence-corrected chi connectivity index (χ0v) is 13.4. The molecule has 0 aliphatic rings. The van der Waals surface area contributed by atoms with Gasteiger partial charge in [0.2, 0.25) is 0 Å². The minimum Gasteiger partial charge on any atom is -0.369 e. The van der Waals surface area contributed by atoms with Crippen molar-refractivity contribution in [2.24, 2.45) is 0 Å². The molecule has 0 aliphatic heterocycles. The fourth-order valence-electron chi connectivity index (χ4n) is 1.78. The fourth-order valence-corrected chi connectivity index (χ4v) is 2.11. The molecule has 0 saturated heterocycles. The first-order valence-corrected chi connectivity index (χ1v) is 7.56. The smallest absolute Gasteiger partial charge is 0.255 e. The van der Waals surface area contributed by atoms with Crippen molar-refractivity contribution in [3.63, 3.8) is 0 Å². The average molecular weight is 349 g/mol. The van der Waals surface area contributed by atoms with Crippen LogP contribution in [0.2, 0.25) is 0 Å². The first-order chi connectivity index (χ1) is 10.2. The Balaban J connectivity index is 2.08. The van der Waals surface area contributed by atoms with Crippen LogP contribution in [0.5, 0.6) is 0 Å². The van der Waals surface area contributed by atoms with E-state index in [-0.39, 0.29) is 5.91 Å². The maximum absolute atomic E-state index is 12.3. The Bertz CT molecular complexity index is 604. The van der Waals surface area contributed by atoms with Crippen LogP contribution in [0.3, 0.4) is 0 Å². The molecule has 2 heterocycles. The molecular weight excluding hydrogens is 332 g/mol. The molecule has 5 nitrogen and oxygen atoms in total. The molecule has 0 spiro atoms. The lowest BCUT2D eigenvalue weighted by atomic mass is 10.2. The number of anilines is 1. The van der Waals surface area contributed by atoms with Crippen LogP contribution in [0.4, 0.5) is 5.82 Å². The molecule has 0 saturated carbocycles. The predicted molar refractivity (Wildman–Crippen MR) is 86.1 cm³/mol. The van der Waals surface area contributed by atoms with Gasteiger partial charge in [-0.25, -0.2) is 4.98 Å². The monoisotopic (exact) mass is 348 g/mol. The lowest BCUT2D eigenvalue weighted by Crippen LogP contribution is -2.24. The Morgan fingerprint density at radius 3 is 2.95 bits per heavy atom. The molecule has 2 N–H and O–H groups in total. The Labute approximate surface area is 132 Å². The van der Waals surface area contributed by atoms with Gasteiger partial charge in [0.25, 0.3) is 5.91 Å². The maximum atomic E-state index is 12.3. The van der Waals surface area contributed by atoms with Gasteiger partial charge in [-0.3, -0.25) is 9.78 Å². The van der Waals surface area contributed by atoms with Crippen LogP contribution in [-0.2, 0) is 6.54 Å². The molecule has 1 amide bonds. The van der Waals surface area contributed by atoms with Gasteiger partial charge in [0.1, 0.15) is 5.82 Å². The molecule has 2 aromatic heterocycles. The van der Waals surface area contributed by atoms with E-state index < -0.39 is 0 Å². The van der Waals surface area contributed by atoms with E-state index in [9.17, 15) is 4.79 Å². The highest BCUT2D eigenvalue weighted by Gasteiger charge is 2.13. The summed E-state index contributed by atoms with van der Waals surface area (Å²) >= 11 is 3.35. The molecule has 21 heavy (non-hydrogen) atoms. The number of hydrogen-bond donors (Lipinski definition) is 2. The molecule has 6 heteroatoms. The predicted octanol–water partition coefficient (Wildman–Crippen LogP) is 2.99. The summed E-state index contributed by atoms with van der Waals surface area (Å²) < 4.78 is 0.774. The summed E-state index contributed by atoms with van der Waals surface area (Å²) in [5, 5.41) is 6.04. The van der Waals surface area contributed by atoms with Gasteiger partial charge in [0, 0.05) is 36.2 Å². The number of pyridine rings is 2. The number of hydrogen-bond acceptors (Lipinski definition) is 4. The Morgan fingerprint density at radius 1 is 1.38 bits per heavy atom. The summed E-state index contributed by atoms with van der Waals surface area (Å²) in [4.78, 5) is 20.6. The molecule has 0 radical (unpaired) electrons. The molecule has 0 atom stereocenters. The third-order valence-corrected chi connectivity index (χ3v) is 3.25. The molecule has 0 fully saturated rings. The maximum Gasteiger partial charge on any atom is 0.255 e. The topological polar surface area (TPSA) is 66.9 Å². The van der Waals surface area contributed by atoms with Gasteiger partial charge in [0.15, 0.2) is 0 Å². The van der Waals surface area contributed by atoms with Crippen molar-refractivity contribution in [1.29, 1.82) is 0 Å². The van der Waals surface area contributed by atoms with Crippen molar-refractivity contribution in [1.82, 2.24) is 15.3 Å². The quantitative estimate of drug-likeness (QED) is 0.841. The van der Waals surface area contributed by atoms with Crippen LogP contribution in [-0.4, -0.2) is 22.4 Å². The minimum absolute atomic E-state index is 0.161. The molecular formula is C15H17BrN4O. The molecule has 2 aromatic rings. The van der Waals surface area contributed by atoms with Crippen molar-refractivity contribution in [2.45, 2.75) is 19.9 Å². The van der Waals surface area contributed by atoms with Crippen molar-refractivity contribution < 1.29 is 4.79 Å². The fraction of sp³-hybridized carbons (Fsp3) is 0.267. The number of nitrogens with zero attached hydrogens (tertiary/aromatic N) is 2. The van der Waals surface area contributed by atoms with Crippen LogP contribution in [0.1, 0.15) is 29.3 Å². The van der Waals surface area contributed by atoms with E-state index in [1.807, 2.05) is 12.1 Å². The van der Waals surface area contributed by atoms with E-state index in [1.54, 1.807) is 24.7 Å². The van der Waals surface area contributed by atoms with Gasteiger partial charge >= 0.3 is 0 Å². The first-order valence-electron chi connectivity index (χ1n) is 6.77. The average Bonchev–Trinajstić information content (AvgIpc) is 2.52. The normalized spacial score (nSPS) is 10.2. The van der Waals surface area contributed by atoms with Gasteiger partial charge in [0.05, 0.1) is 5.56 Å². The Morgan fingerprint density at radius 2 is 2.24 bits per heavy atom. The molecule has 0 unspecified atom stereocenters. The third-order valence-electron chi connectivity index (χ3n) is 2.82. The summed E-state index contributed by atoms with van der Waals surface area (Å²) in [5.74, 6) is 0.440. The van der Waals surface area contributed by atoms with E-state index in [0.717, 1.165) is 23.0 Å². The molecule has 0 bridgehead atoms. The van der Waals surface area contributed by atoms with Crippen LogP contribution in [0.25, 0.3) is 0 Å². The zero-order chi connectivity index (χ0) is 15.1. The number of aromatic nitrogens is 2. The van der Waals surface area contributed by atoms with Crippen LogP contribution in [0.15, 0.2) is 41.3 Å². The van der Waals surface area contributed by atoms with E-state index in [4.69, 9.17) is 0 Å². The van der Waals surface area contributed by atoms with E-state index in [0.29, 0.717) is 17.9 Å². The number of rotatable bonds is 6. The molecule has 110 valence electrons. The van der Waals surface area contributed by atoms with Crippen molar-refractivity contribution in [3.05, 3.63) is 52.4 Å². The second-order valence-electron chi connectivity index (χ2n) is 4.52. The van der Waals surface area contributed by atoms with Gasteiger partial charge in [-0.2, -0.15) is 0 Å². The summed E-state index contributed by atoms with van der Waals surface area (Å²) in [6.07, 6.45) is 6.08. The Hall–Kier alpha value is -1.95. The summed E-state index contributed by atoms with van der Waals surface area (Å²) in [7, 11) is 0. The number of nitrogens with one attached hydrogen (secondary N) is 2. The van der Waals surface area contributed by atoms with Gasteiger partial charge in [-0.05, 0) is 40.0 Å². The summed E-state index contributed by atoms with van der Waals surface area (Å²) in [5.41, 5.74) is 1.48. The summed E-state index contributed by atoms with van der Waals surface area (Å²) in [6.45, 7) is 3.28. The van der Waals surface area contributed by atoms with Gasteiger partial charge in [-0.15, -0.1) is 0 Å². The SMILES string of the molecule is CCCNc1ncc(Br)cc1C(=O)NCc1cccnc1. The molecule has 0 aliphatic carbocycles. The lowest BCUT2D eigenvalue weighted by molar-refractivity contribution is 0.0951. The molecule has 2 rings (SSSR count). The number of amides is 1. The van der Waals surface area contributed by atoms with Crippen LogP contribution >= 0.6 is 15.9 Å². The van der Waals surface area contributed by atoms with E-state index >= 15 is 0 Å². The standard InChI is InChI=1S/C15H17BrN4O/c1-2-5-18-14-13(7-12(16)10-19-14)15(21)20-9-11-4-3-6-17-8-11/h3-4,6-8,10H,2,5,9H2,1H3,(H,18,19)(H,20,21). The van der Waals surface area contributed by atoms with Gasteiger partial charge < -0.3 is 10.6 Å². The van der Waals surface area contributed by atoms with Crippen molar-refractivity contribution >= 4 is 27.7 Å². The minimum atomic E-state index is -0.161. The number of carbonyl (C=O) groups is 1. The van der Waals surface area contributed by atoms with Crippen molar-refractivity contribution in [3.8, 4) is 0 Å². The summed E-state index contributed by atoms with van der Waals surface area (Å²) in [6, 6.07) is 5.53.